The molecule has 0 aromatic rings. The highest BCUT2D eigenvalue weighted by Gasteiger charge is 2.40. The van der Waals surface area contributed by atoms with E-state index in [1.54, 1.807) is 13.8 Å². The number of rotatable bonds is 2. The quantitative estimate of drug-likeness (QED) is 0.604. The van der Waals surface area contributed by atoms with Crippen LogP contribution in [0.5, 0.6) is 0 Å². The first-order chi connectivity index (χ1) is 6.08. The first kappa shape index (κ1) is 10.0. The third-order valence-corrected chi connectivity index (χ3v) is 2.09. The summed E-state index contributed by atoms with van der Waals surface area (Å²) >= 11 is 0. The molecule has 0 spiro atoms. The van der Waals surface area contributed by atoms with Gasteiger partial charge in [0, 0.05) is 12.8 Å². The Bertz CT molecular complexity index is 224. The Labute approximate surface area is 77.2 Å². The second-order valence-electron chi connectivity index (χ2n) is 3.30. The molecule has 1 aliphatic heterocycles. The van der Waals surface area contributed by atoms with Gasteiger partial charge in [0.2, 0.25) is 5.60 Å². The maximum atomic E-state index is 11.3. The van der Waals surface area contributed by atoms with Gasteiger partial charge in [0.25, 0.3) is 0 Å². The van der Waals surface area contributed by atoms with Gasteiger partial charge in [-0.05, 0) is 13.3 Å². The van der Waals surface area contributed by atoms with Crippen LogP contribution in [0.15, 0.2) is 0 Å². The van der Waals surface area contributed by atoms with E-state index in [2.05, 4.69) is 0 Å². The molecule has 1 fully saturated rings. The van der Waals surface area contributed by atoms with Gasteiger partial charge in [0.15, 0.2) is 0 Å². The van der Waals surface area contributed by atoms with Crippen LogP contribution in [0.4, 0.5) is 0 Å². The molecule has 13 heavy (non-hydrogen) atoms. The van der Waals surface area contributed by atoms with E-state index in [4.69, 9.17) is 9.47 Å². The Morgan fingerprint density at radius 3 is 2.92 bits per heavy atom. The van der Waals surface area contributed by atoms with Crippen molar-refractivity contribution >= 4 is 11.9 Å². The van der Waals surface area contributed by atoms with Gasteiger partial charge < -0.3 is 9.47 Å². The number of ether oxygens (including phenoxy) is 2. The summed E-state index contributed by atoms with van der Waals surface area (Å²) in [7, 11) is 0. The molecule has 0 bridgehead atoms. The third-order valence-electron chi connectivity index (χ3n) is 2.09. The van der Waals surface area contributed by atoms with Crippen molar-refractivity contribution in [2.24, 2.45) is 0 Å². The summed E-state index contributed by atoms with van der Waals surface area (Å²) in [6.45, 7) is 3.72. The summed E-state index contributed by atoms with van der Waals surface area (Å²) in [5.74, 6) is -0.790. The van der Waals surface area contributed by atoms with E-state index < -0.39 is 11.6 Å². The Kier molecular flexibility index (Phi) is 2.90. The molecule has 74 valence electrons. The predicted molar refractivity (Wildman–Crippen MR) is 45.0 cm³/mol. The van der Waals surface area contributed by atoms with E-state index in [9.17, 15) is 9.59 Å². The van der Waals surface area contributed by atoms with Crippen molar-refractivity contribution < 1.29 is 19.1 Å². The molecule has 0 aromatic carbocycles. The fraction of sp³-hybridized carbons (Fsp3) is 0.778. The van der Waals surface area contributed by atoms with Crippen LogP contribution in [0.25, 0.3) is 0 Å². The zero-order chi connectivity index (χ0) is 9.90. The van der Waals surface area contributed by atoms with Crippen LogP contribution in [-0.2, 0) is 19.1 Å². The average molecular weight is 186 g/mol. The molecule has 0 aromatic heterocycles. The van der Waals surface area contributed by atoms with Crippen molar-refractivity contribution in [2.45, 2.75) is 38.7 Å². The van der Waals surface area contributed by atoms with Crippen LogP contribution >= 0.6 is 0 Å². The molecule has 1 saturated heterocycles. The summed E-state index contributed by atoms with van der Waals surface area (Å²) in [6, 6.07) is 0. The average Bonchev–Trinajstić information content (AvgIpc) is 2.10. The largest absolute Gasteiger partial charge is 0.463 e. The van der Waals surface area contributed by atoms with Crippen molar-refractivity contribution in [1.82, 2.24) is 0 Å². The predicted octanol–water partition coefficient (Wildman–Crippen LogP) is 1.04. The van der Waals surface area contributed by atoms with E-state index in [1.807, 2.05) is 0 Å². The van der Waals surface area contributed by atoms with Gasteiger partial charge in [0.05, 0.1) is 6.61 Å². The van der Waals surface area contributed by atoms with E-state index >= 15 is 0 Å². The molecule has 0 saturated carbocycles. The molecule has 1 atom stereocenters. The molecule has 1 unspecified atom stereocenters. The van der Waals surface area contributed by atoms with Gasteiger partial charge in [-0.1, -0.05) is 6.92 Å². The third kappa shape index (κ3) is 2.20. The lowest BCUT2D eigenvalue weighted by atomic mass is 9.98. The molecule has 1 heterocycles. The molecule has 0 aliphatic carbocycles. The number of carbonyl (C=O) groups excluding carboxylic acids is 2. The van der Waals surface area contributed by atoms with Gasteiger partial charge in [-0.25, -0.2) is 4.79 Å². The summed E-state index contributed by atoms with van der Waals surface area (Å²) in [5, 5.41) is 0. The first-order valence-electron chi connectivity index (χ1n) is 4.47. The molecular formula is C9H14O4. The zero-order valence-electron chi connectivity index (χ0n) is 7.96. The van der Waals surface area contributed by atoms with Crippen molar-refractivity contribution in [3.05, 3.63) is 0 Å². The van der Waals surface area contributed by atoms with Crippen LogP contribution in [0.1, 0.15) is 33.1 Å². The van der Waals surface area contributed by atoms with Gasteiger partial charge in [-0.2, -0.15) is 0 Å². The van der Waals surface area contributed by atoms with Crippen LogP contribution in [0.3, 0.4) is 0 Å². The van der Waals surface area contributed by atoms with Crippen molar-refractivity contribution in [2.75, 3.05) is 6.61 Å². The van der Waals surface area contributed by atoms with Gasteiger partial charge in [-0.15, -0.1) is 0 Å². The van der Waals surface area contributed by atoms with Crippen molar-refractivity contribution in [1.29, 1.82) is 0 Å². The summed E-state index contributed by atoms with van der Waals surface area (Å²) in [4.78, 5) is 22.3. The normalized spacial score (nSPS) is 28.0. The van der Waals surface area contributed by atoms with Crippen LogP contribution in [-0.4, -0.2) is 24.1 Å². The van der Waals surface area contributed by atoms with E-state index in [-0.39, 0.29) is 12.4 Å². The topological polar surface area (TPSA) is 52.6 Å². The Morgan fingerprint density at radius 1 is 1.69 bits per heavy atom. The molecule has 4 nitrogen and oxygen atoms in total. The van der Waals surface area contributed by atoms with Gasteiger partial charge in [0.1, 0.15) is 0 Å². The second-order valence-corrected chi connectivity index (χ2v) is 3.30. The number of hydrogen-bond acceptors (Lipinski definition) is 4. The molecule has 1 aliphatic rings. The standard InChI is InChI=1S/C9H14O4/c1-3-7(10)13-9(2)5-4-6-12-8(9)11/h3-6H2,1-2H3. The number of cyclic esters (lactones) is 1. The van der Waals surface area contributed by atoms with Crippen LogP contribution in [0.2, 0.25) is 0 Å². The Hall–Kier alpha value is -1.06. The number of carbonyl (C=O) groups is 2. The van der Waals surface area contributed by atoms with Crippen molar-refractivity contribution in [3.8, 4) is 0 Å². The van der Waals surface area contributed by atoms with E-state index in [0.717, 1.165) is 6.42 Å². The smallest absolute Gasteiger partial charge is 0.350 e. The van der Waals surface area contributed by atoms with E-state index in [0.29, 0.717) is 13.0 Å². The highest BCUT2D eigenvalue weighted by atomic mass is 16.6. The Balaban J connectivity index is 2.62. The number of hydrogen-bond donors (Lipinski definition) is 0. The lowest BCUT2D eigenvalue weighted by molar-refractivity contribution is -0.187. The van der Waals surface area contributed by atoms with Crippen LogP contribution < -0.4 is 0 Å². The lowest BCUT2D eigenvalue weighted by Crippen LogP contribution is -2.44. The summed E-state index contributed by atoms with van der Waals surface area (Å²) in [5.41, 5.74) is -1.05. The van der Waals surface area contributed by atoms with Crippen LogP contribution in [0, 0.1) is 0 Å². The summed E-state index contributed by atoms with van der Waals surface area (Å²) in [6.07, 6.45) is 1.58. The first-order valence-corrected chi connectivity index (χ1v) is 4.47. The maximum absolute atomic E-state index is 11.3. The number of esters is 2. The molecule has 1 rings (SSSR count). The van der Waals surface area contributed by atoms with Crippen molar-refractivity contribution in [3.63, 3.8) is 0 Å². The fourth-order valence-electron chi connectivity index (χ4n) is 1.25. The molecule has 0 radical (unpaired) electrons. The second kappa shape index (κ2) is 3.77. The minimum atomic E-state index is -1.05. The maximum Gasteiger partial charge on any atom is 0.350 e. The van der Waals surface area contributed by atoms with E-state index in [1.165, 1.54) is 0 Å². The minimum absolute atomic E-state index is 0.281. The Morgan fingerprint density at radius 2 is 2.38 bits per heavy atom. The highest BCUT2D eigenvalue weighted by molar-refractivity contribution is 5.83. The highest BCUT2D eigenvalue weighted by Crippen LogP contribution is 2.24. The lowest BCUT2D eigenvalue weighted by Gasteiger charge is -2.30. The fourth-order valence-corrected chi connectivity index (χ4v) is 1.25. The summed E-state index contributed by atoms with van der Waals surface area (Å²) < 4.78 is 9.85. The molecule has 4 heteroatoms. The monoisotopic (exact) mass is 186 g/mol. The minimum Gasteiger partial charge on any atom is -0.463 e. The van der Waals surface area contributed by atoms with Gasteiger partial charge in [-0.3, -0.25) is 4.79 Å². The SMILES string of the molecule is CCC(=O)OC1(C)CCCOC1=O. The molecule has 0 N–H and O–H groups in total. The molecular weight excluding hydrogens is 172 g/mol. The van der Waals surface area contributed by atoms with Gasteiger partial charge >= 0.3 is 11.9 Å². The zero-order valence-corrected chi connectivity index (χ0v) is 7.96. The molecule has 0 amide bonds.